The molecule has 0 bridgehead atoms. The van der Waals surface area contributed by atoms with E-state index in [0.717, 1.165) is 16.9 Å². The van der Waals surface area contributed by atoms with E-state index >= 15 is 0 Å². The van der Waals surface area contributed by atoms with Gasteiger partial charge in [-0.2, -0.15) is 0 Å². The van der Waals surface area contributed by atoms with Crippen LogP contribution in [-0.4, -0.2) is 34.3 Å². The summed E-state index contributed by atoms with van der Waals surface area (Å²) in [6, 6.07) is 10.2. The van der Waals surface area contributed by atoms with Gasteiger partial charge >= 0.3 is 0 Å². The molecule has 0 aliphatic carbocycles. The number of benzene rings is 1. The van der Waals surface area contributed by atoms with Crippen LogP contribution in [-0.2, 0) is 6.61 Å². The molecule has 0 fully saturated rings. The maximum Gasteiger partial charge on any atom is 0.277 e. The van der Waals surface area contributed by atoms with Crippen LogP contribution in [0.3, 0.4) is 0 Å². The third-order valence-electron chi connectivity index (χ3n) is 3.94. The monoisotopic (exact) mass is 446 g/mol. The number of halogens is 4. The molecule has 3 N–H and O–H groups in total. The number of hydrogen-bond acceptors (Lipinski definition) is 4. The fourth-order valence-electron chi connectivity index (χ4n) is 2.49. The van der Waals surface area contributed by atoms with E-state index < -0.39 is 24.9 Å². The second-order valence-electron chi connectivity index (χ2n) is 6.26. The summed E-state index contributed by atoms with van der Waals surface area (Å²) in [5.74, 6) is -3.30. The van der Waals surface area contributed by atoms with Gasteiger partial charge in [-0.3, -0.25) is 4.79 Å². The lowest BCUT2D eigenvalue weighted by Gasteiger charge is -2.14. The molecule has 0 spiro atoms. The summed E-state index contributed by atoms with van der Waals surface area (Å²) in [6.45, 7) is 0.579. The van der Waals surface area contributed by atoms with Gasteiger partial charge < -0.3 is 20.2 Å². The highest BCUT2D eigenvalue weighted by atomic mass is 35.5. The van der Waals surface area contributed by atoms with Crippen LogP contribution in [0.5, 0.6) is 5.75 Å². The Hall–Kier alpha value is -2.42. The van der Waals surface area contributed by atoms with Crippen molar-refractivity contribution in [1.82, 2.24) is 14.7 Å². The third kappa shape index (κ3) is 6.56. The lowest BCUT2D eigenvalue weighted by atomic mass is 10.2. The Morgan fingerprint density at radius 2 is 2.00 bits per heavy atom. The second kappa shape index (κ2) is 10.4. The average molecular weight is 447 g/mol. The van der Waals surface area contributed by atoms with Gasteiger partial charge in [-0.1, -0.05) is 12.1 Å². The molecule has 0 atom stereocenters. The predicted octanol–water partition coefficient (Wildman–Crippen LogP) is 3.39. The molecule has 0 saturated carbocycles. The molecule has 158 valence electrons. The number of rotatable bonds is 7. The van der Waals surface area contributed by atoms with Crippen molar-refractivity contribution in [3.63, 3.8) is 0 Å². The van der Waals surface area contributed by atoms with Crippen LogP contribution in [0.25, 0.3) is 5.65 Å². The summed E-state index contributed by atoms with van der Waals surface area (Å²) >= 11 is 0. The Labute approximate surface area is 179 Å². The molecule has 0 radical (unpaired) electrons. The summed E-state index contributed by atoms with van der Waals surface area (Å²) in [5, 5.41) is 2.17. The zero-order chi connectivity index (χ0) is 19.4. The van der Waals surface area contributed by atoms with Gasteiger partial charge in [0.15, 0.2) is 0 Å². The summed E-state index contributed by atoms with van der Waals surface area (Å²) in [5.41, 5.74) is 7.85. The molecule has 1 aromatic carbocycles. The average Bonchev–Trinajstić information content (AvgIpc) is 3.07. The summed E-state index contributed by atoms with van der Waals surface area (Å²) in [7, 11) is 0. The molecule has 3 aromatic rings. The number of pyridine rings is 1. The molecule has 1 amide bonds. The standard InChI is InChI=1S/C19H20F2N4O2.2ClH/c1-13-5-6-17-24-15(9-25(17)8-13)10-27-16-4-2-3-14(7-16)18(26)23-12-19(20,21)11-22;;/h2-9H,10-12,22H2,1H3,(H,23,26);2*1H. The van der Waals surface area contributed by atoms with Crippen LogP contribution in [0.2, 0.25) is 0 Å². The third-order valence-corrected chi connectivity index (χ3v) is 3.94. The van der Waals surface area contributed by atoms with Gasteiger partial charge in [-0.15, -0.1) is 24.8 Å². The number of aromatic nitrogens is 2. The predicted molar refractivity (Wildman–Crippen MR) is 112 cm³/mol. The van der Waals surface area contributed by atoms with Gasteiger partial charge in [0.05, 0.1) is 18.8 Å². The highest BCUT2D eigenvalue weighted by Crippen LogP contribution is 2.16. The molecule has 3 rings (SSSR count). The van der Waals surface area contributed by atoms with Crippen molar-refractivity contribution in [1.29, 1.82) is 0 Å². The lowest BCUT2D eigenvalue weighted by Crippen LogP contribution is -2.41. The number of nitrogens with two attached hydrogens (primary N) is 1. The van der Waals surface area contributed by atoms with E-state index in [2.05, 4.69) is 10.3 Å². The number of hydrogen-bond donors (Lipinski definition) is 2. The highest BCUT2D eigenvalue weighted by molar-refractivity contribution is 5.94. The Balaban J connectivity index is 0.00000210. The number of amides is 1. The van der Waals surface area contributed by atoms with Gasteiger partial charge in [0.1, 0.15) is 18.0 Å². The normalized spacial score (nSPS) is 10.8. The summed E-state index contributed by atoms with van der Waals surface area (Å²) in [6.07, 6.45) is 3.84. The lowest BCUT2D eigenvalue weighted by molar-refractivity contribution is 0.0118. The van der Waals surface area contributed by atoms with E-state index in [4.69, 9.17) is 10.5 Å². The summed E-state index contributed by atoms with van der Waals surface area (Å²) in [4.78, 5) is 16.5. The number of aryl methyl sites for hydroxylation is 1. The number of ether oxygens (including phenoxy) is 1. The van der Waals surface area contributed by atoms with Crippen molar-refractivity contribution in [2.24, 2.45) is 5.73 Å². The minimum atomic E-state index is -3.13. The van der Waals surface area contributed by atoms with Crippen LogP contribution in [0.4, 0.5) is 8.78 Å². The number of nitrogens with one attached hydrogen (secondary N) is 1. The molecule has 0 unspecified atom stereocenters. The van der Waals surface area contributed by atoms with Crippen molar-refractivity contribution in [3.05, 3.63) is 65.6 Å². The van der Waals surface area contributed by atoms with Crippen LogP contribution in [0, 0.1) is 6.92 Å². The summed E-state index contributed by atoms with van der Waals surface area (Å²) < 4.78 is 33.9. The first-order valence-corrected chi connectivity index (χ1v) is 8.39. The zero-order valence-corrected chi connectivity index (χ0v) is 17.2. The smallest absolute Gasteiger partial charge is 0.277 e. The topological polar surface area (TPSA) is 81.6 Å². The number of imidazole rings is 1. The quantitative estimate of drug-likeness (QED) is 0.582. The molecular weight excluding hydrogens is 425 g/mol. The van der Waals surface area contributed by atoms with Crippen molar-refractivity contribution in [2.45, 2.75) is 19.5 Å². The van der Waals surface area contributed by atoms with Gasteiger partial charge in [-0.25, -0.2) is 13.8 Å². The molecule has 0 saturated heterocycles. The van der Waals surface area contributed by atoms with E-state index in [1.54, 1.807) is 12.1 Å². The van der Waals surface area contributed by atoms with E-state index in [1.807, 2.05) is 35.9 Å². The van der Waals surface area contributed by atoms with Gasteiger partial charge in [0.25, 0.3) is 11.8 Å². The molecule has 6 nitrogen and oxygen atoms in total. The van der Waals surface area contributed by atoms with Crippen LogP contribution in [0.1, 0.15) is 21.6 Å². The van der Waals surface area contributed by atoms with Crippen molar-refractivity contribution < 1.29 is 18.3 Å². The molecule has 2 heterocycles. The number of fused-ring (bicyclic) bond motifs is 1. The first kappa shape index (κ1) is 24.6. The molecular formula is C19H22Cl2F2N4O2. The maximum atomic E-state index is 13.2. The minimum absolute atomic E-state index is 0. The first-order valence-electron chi connectivity index (χ1n) is 8.39. The Bertz CT molecular complexity index is 966. The fraction of sp³-hybridized carbons (Fsp3) is 0.263. The Morgan fingerprint density at radius 3 is 2.72 bits per heavy atom. The fourth-order valence-corrected chi connectivity index (χ4v) is 2.49. The number of nitrogens with zero attached hydrogens (tertiary/aromatic N) is 2. The molecule has 0 aliphatic heterocycles. The molecule has 29 heavy (non-hydrogen) atoms. The highest BCUT2D eigenvalue weighted by Gasteiger charge is 2.27. The van der Waals surface area contributed by atoms with Crippen LogP contribution in [0.15, 0.2) is 48.8 Å². The van der Waals surface area contributed by atoms with Crippen LogP contribution < -0.4 is 15.8 Å². The zero-order valence-electron chi connectivity index (χ0n) is 15.6. The molecule has 0 aliphatic rings. The van der Waals surface area contributed by atoms with Gasteiger partial charge in [0, 0.05) is 18.0 Å². The number of carbonyl (C=O) groups excluding carboxylic acids is 1. The number of alkyl halides is 2. The maximum absolute atomic E-state index is 13.2. The largest absolute Gasteiger partial charge is 0.487 e. The van der Waals surface area contributed by atoms with Crippen molar-refractivity contribution in [3.8, 4) is 5.75 Å². The SMILES string of the molecule is Cc1ccc2nc(COc3cccc(C(=O)NCC(F)(F)CN)c3)cn2c1.Cl.Cl. The van der Waals surface area contributed by atoms with E-state index in [-0.39, 0.29) is 37.0 Å². The van der Waals surface area contributed by atoms with Crippen molar-refractivity contribution >= 4 is 36.4 Å². The molecule has 10 heteroatoms. The van der Waals surface area contributed by atoms with E-state index in [1.165, 1.54) is 12.1 Å². The van der Waals surface area contributed by atoms with Crippen LogP contribution >= 0.6 is 24.8 Å². The van der Waals surface area contributed by atoms with Gasteiger partial charge in [-0.05, 0) is 36.8 Å². The van der Waals surface area contributed by atoms with Crippen molar-refractivity contribution in [2.75, 3.05) is 13.1 Å². The number of carbonyl (C=O) groups is 1. The first-order chi connectivity index (χ1) is 12.9. The minimum Gasteiger partial charge on any atom is -0.487 e. The Morgan fingerprint density at radius 1 is 1.24 bits per heavy atom. The van der Waals surface area contributed by atoms with E-state index in [0.29, 0.717) is 5.75 Å². The second-order valence-corrected chi connectivity index (χ2v) is 6.26. The Kier molecular flexibility index (Phi) is 8.81. The van der Waals surface area contributed by atoms with E-state index in [9.17, 15) is 13.6 Å². The molecule has 2 aromatic heterocycles. The van der Waals surface area contributed by atoms with Gasteiger partial charge in [0.2, 0.25) is 0 Å².